The molecule has 0 spiro atoms. The van der Waals surface area contributed by atoms with E-state index in [0.29, 0.717) is 32.1 Å². The SMILES string of the molecule is O=C(COc1ccc(C=Nc2ccc(-c3ccccc3)cc2)cc1)N1CCOCC1. The lowest BCUT2D eigenvalue weighted by Crippen LogP contribution is -2.42. The third-order valence-electron chi connectivity index (χ3n) is 4.94. The first kappa shape index (κ1) is 19.9. The molecule has 4 rings (SSSR count). The van der Waals surface area contributed by atoms with Gasteiger partial charge in [0, 0.05) is 19.3 Å². The Labute approximate surface area is 176 Å². The number of nitrogens with zero attached hydrogens (tertiary/aromatic N) is 2. The summed E-state index contributed by atoms with van der Waals surface area (Å²) in [5.41, 5.74) is 4.22. The maximum atomic E-state index is 12.1. The number of amides is 1. The van der Waals surface area contributed by atoms with Crippen molar-refractivity contribution in [2.75, 3.05) is 32.9 Å². The van der Waals surface area contributed by atoms with Gasteiger partial charge < -0.3 is 14.4 Å². The van der Waals surface area contributed by atoms with E-state index < -0.39 is 0 Å². The monoisotopic (exact) mass is 400 g/mol. The summed E-state index contributed by atoms with van der Waals surface area (Å²) in [5, 5.41) is 0. The van der Waals surface area contributed by atoms with Crippen molar-refractivity contribution in [2.24, 2.45) is 4.99 Å². The summed E-state index contributed by atoms with van der Waals surface area (Å²) in [5.74, 6) is 0.656. The van der Waals surface area contributed by atoms with Crippen LogP contribution >= 0.6 is 0 Å². The second-order valence-electron chi connectivity index (χ2n) is 7.02. The van der Waals surface area contributed by atoms with Crippen LogP contribution in [0.15, 0.2) is 83.9 Å². The van der Waals surface area contributed by atoms with E-state index in [1.807, 2.05) is 60.8 Å². The molecule has 0 aliphatic carbocycles. The van der Waals surface area contributed by atoms with Gasteiger partial charge in [-0.3, -0.25) is 9.79 Å². The molecule has 1 amide bonds. The zero-order valence-electron chi connectivity index (χ0n) is 16.7. The minimum Gasteiger partial charge on any atom is -0.484 e. The minimum atomic E-state index is -0.0112. The molecule has 1 aliphatic rings. The molecule has 3 aromatic carbocycles. The second-order valence-corrected chi connectivity index (χ2v) is 7.02. The van der Waals surface area contributed by atoms with Gasteiger partial charge in [0.2, 0.25) is 0 Å². The Balaban J connectivity index is 1.30. The Kier molecular flexibility index (Phi) is 6.52. The number of benzene rings is 3. The molecule has 3 aromatic rings. The summed E-state index contributed by atoms with van der Waals surface area (Å²) >= 11 is 0. The predicted octanol–water partition coefficient (Wildman–Crippen LogP) is 4.34. The first-order valence-electron chi connectivity index (χ1n) is 10.1. The van der Waals surface area contributed by atoms with Crippen LogP contribution in [0, 0.1) is 0 Å². The molecule has 0 N–H and O–H groups in total. The van der Waals surface area contributed by atoms with Crippen LogP contribution in [0.4, 0.5) is 5.69 Å². The van der Waals surface area contributed by atoms with Crippen molar-refractivity contribution in [3.8, 4) is 16.9 Å². The van der Waals surface area contributed by atoms with Crippen molar-refractivity contribution in [3.63, 3.8) is 0 Å². The number of carbonyl (C=O) groups is 1. The van der Waals surface area contributed by atoms with Crippen LogP contribution in [-0.2, 0) is 9.53 Å². The lowest BCUT2D eigenvalue weighted by Gasteiger charge is -2.26. The van der Waals surface area contributed by atoms with Crippen LogP contribution < -0.4 is 4.74 Å². The molecule has 1 heterocycles. The average Bonchev–Trinajstić information content (AvgIpc) is 2.83. The normalized spacial score (nSPS) is 14.1. The Morgan fingerprint density at radius 2 is 1.57 bits per heavy atom. The van der Waals surface area contributed by atoms with E-state index in [-0.39, 0.29) is 12.5 Å². The molecule has 5 nitrogen and oxygen atoms in total. The van der Waals surface area contributed by atoms with Gasteiger partial charge in [0.1, 0.15) is 5.75 Å². The fraction of sp³-hybridized carbons (Fsp3) is 0.200. The average molecular weight is 400 g/mol. The molecule has 0 saturated carbocycles. The lowest BCUT2D eigenvalue weighted by molar-refractivity contribution is -0.137. The summed E-state index contributed by atoms with van der Waals surface area (Å²) in [6.07, 6.45) is 1.82. The molecule has 1 aliphatic heterocycles. The highest BCUT2D eigenvalue weighted by atomic mass is 16.5. The van der Waals surface area contributed by atoms with Gasteiger partial charge in [-0.2, -0.15) is 0 Å². The van der Waals surface area contributed by atoms with E-state index in [4.69, 9.17) is 9.47 Å². The van der Waals surface area contributed by atoms with Gasteiger partial charge in [-0.1, -0.05) is 42.5 Å². The smallest absolute Gasteiger partial charge is 0.260 e. The van der Waals surface area contributed by atoms with E-state index in [1.54, 1.807) is 4.90 Å². The van der Waals surface area contributed by atoms with Crippen LogP contribution in [0.1, 0.15) is 5.56 Å². The molecule has 0 radical (unpaired) electrons. The molecule has 0 unspecified atom stereocenters. The topological polar surface area (TPSA) is 51.1 Å². The summed E-state index contributed by atoms with van der Waals surface area (Å²) in [6.45, 7) is 2.48. The van der Waals surface area contributed by atoms with Gasteiger partial charge in [0.05, 0.1) is 18.9 Å². The maximum Gasteiger partial charge on any atom is 0.260 e. The molecule has 1 fully saturated rings. The van der Waals surface area contributed by atoms with Gasteiger partial charge in [-0.25, -0.2) is 0 Å². The van der Waals surface area contributed by atoms with E-state index in [0.717, 1.165) is 11.3 Å². The molecule has 5 heteroatoms. The van der Waals surface area contributed by atoms with Crippen molar-refractivity contribution < 1.29 is 14.3 Å². The summed E-state index contributed by atoms with van der Waals surface area (Å²) in [7, 11) is 0. The maximum absolute atomic E-state index is 12.1. The number of aliphatic imine (C=N–C) groups is 1. The zero-order valence-corrected chi connectivity index (χ0v) is 16.7. The molecular formula is C25H24N2O3. The molecule has 0 bridgehead atoms. The van der Waals surface area contributed by atoms with Gasteiger partial charge >= 0.3 is 0 Å². The lowest BCUT2D eigenvalue weighted by atomic mass is 10.1. The van der Waals surface area contributed by atoms with Crippen LogP contribution in [0.5, 0.6) is 5.75 Å². The van der Waals surface area contributed by atoms with Crippen molar-refractivity contribution in [3.05, 3.63) is 84.4 Å². The Bertz CT molecular complexity index is 977. The third kappa shape index (κ3) is 5.33. The van der Waals surface area contributed by atoms with E-state index >= 15 is 0 Å². The highest BCUT2D eigenvalue weighted by Gasteiger charge is 2.16. The van der Waals surface area contributed by atoms with Crippen LogP contribution in [0.2, 0.25) is 0 Å². The van der Waals surface area contributed by atoms with Crippen molar-refractivity contribution in [1.29, 1.82) is 0 Å². The number of ether oxygens (including phenoxy) is 2. The van der Waals surface area contributed by atoms with Crippen LogP contribution in [-0.4, -0.2) is 49.9 Å². The third-order valence-corrected chi connectivity index (χ3v) is 4.94. The molecule has 0 atom stereocenters. The van der Waals surface area contributed by atoms with Gasteiger partial charge in [0.25, 0.3) is 5.91 Å². The van der Waals surface area contributed by atoms with Gasteiger partial charge in [0.15, 0.2) is 6.61 Å². The fourth-order valence-corrected chi connectivity index (χ4v) is 3.22. The second kappa shape index (κ2) is 9.85. The zero-order chi connectivity index (χ0) is 20.6. The largest absolute Gasteiger partial charge is 0.484 e. The Morgan fingerprint density at radius 3 is 2.27 bits per heavy atom. The Morgan fingerprint density at radius 1 is 0.900 bits per heavy atom. The van der Waals surface area contributed by atoms with E-state index in [9.17, 15) is 4.79 Å². The Hall–Kier alpha value is -3.44. The number of morpholine rings is 1. The molecule has 152 valence electrons. The fourth-order valence-electron chi connectivity index (χ4n) is 3.22. The standard InChI is InChI=1S/C25H24N2O3/c28-25(27-14-16-29-17-15-27)19-30-24-12-6-20(7-13-24)18-26-23-10-8-22(9-11-23)21-4-2-1-3-5-21/h1-13,18H,14-17,19H2. The van der Waals surface area contributed by atoms with Crippen molar-refractivity contribution >= 4 is 17.8 Å². The number of rotatable bonds is 6. The highest BCUT2D eigenvalue weighted by molar-refractivity contribution is 5.82. The predicted molar refractivity (Wildman–Crippen MR) is 118 cm³/mol. The quantitative estimate of drug-likeness (QED) is 0.579. The van der Waals surface area contributed by atoms with Gasteiger partial charge in [-0.15, -0.1) is 0 Å². The van der Waals surface area contributed by atoms with Crippen LogP contribution in [0.3, 0.4) is 0 Å². The van der Waals surface area contributed by atoms with E-state index in [2.05, 4.69) is 29.3 Å². The highest BCUT2D eigenvalue weighted by Crippen LogP contribution is 2.22. The molecule has 0 aromatic heterocycles. The molecule has 30 heavy (non-hydrogen) atoms. The first-order valence-corrected chi connectivity index (χ1v) is 10.1. The summed E-state index contributed by atoms with van der Waals surface area (Å²) in [4.78, 5) is 18.4. The van der Waals surface area contributed by atoms with Crippen molar-refractivity contribution in [1.82, 2.24) is 4.90 Å². The minimum absolute atomic E-state index is 0.0112. The van der Waals surface area contributed by atoms with Crippen LogP contribution in [0.25, 0.3) is 11.1 Å². The van der Waals surface area contributed by atoms with E-state index in [1.165, 1.54) is 11.1 Å². The summed E-state index contributed by atoms with van der Waals surface area (Å²) < 4.78 is 10.9. The van der Waals surface area contributed by atoms with Crippen molar-refractivity contribution in [2.45, 2.75) is 0 Å². The first-order chi connectivity index (χ1) is 14.8. The molecular weight excluding hydrogens is 376 g/mol. The molecule has 1 saturated heterocycles. The number of hydrogen-bond acceptors (Lipinski definition) is 4. The number of carbonyl (C=O) groups excluding carboxylic acids is 1. The number of hydrogen-bond donors (Lipinski definition) is 0. The van der Waals surface area contributed by atoms with Gasteiger partial charge in [-0.05, 0) is 53.1 Å². The summed E-state index contributed by atoms with van der Waals surface area (Å²) in [6, 6.07) is 26.0.